The third-order valence-electron chi connectivity index (χ3n) is 5.34. The van der Waals surface area contributed by atoms with E-state index < -0.39 is 35.6 Å². The fourth-order valence-electron chi connectivity index (χ4n) is 3.71. The highest BCUT2D eigenvalue weighted by atomic mass is 32.1. The van der Waals surface area contributed by atoms with Gasteiger partial charge in [0, 0.05) is 32.3 Å². The smallest absolute Gasteiger partial charge is 0.277 e. The van der Waals surface area contributed by atoms with Gasteiger partial charge in [0.2, 0.25) is 0 Å². The van der Waals surface area contributed by atoms with Crippen LogP contribution in [0.3, 0.4) is 0 Å². The fraction of sp³-hybridized carbons (Fsp3) is 0.381. The molecule has 0 radical (unpaired) electrons. The summed E-state index contributed by atoms with van der Waals surface area (Å²) in [7, 11) is 3.01. The molecule has 1 aromatic carbocycles. The van der Waals surface area contributed by atoms with E-state index in [0.717, 1.165) is 29.7 Å². The number of nitrogens with two attached hydrogens (primary N) is 2. The lowest BCUT2D eigenvalue weighted by molar-refractivity contribution is -0.0222. The van der Waals surface area contributed by atoms with Gasteiger partial charge in [-0.1, -0.05) is 17.4 Å². The first kappa shape index (κ1) is 25.4. The second-order valence-electron chi connectivity index (χ2n) is 7.67. The Labute approximate surface area is 197 Å². The number of nitrogen functional groups attached to an aromatic ring is 1. The van der Waals surface area contributed by atoms with E-state index in [4.69, 9.17) is 11.5 Å². The topological polar surface area (TPSA) is 122 Å². The number of carbonyl (C=O) groups excluding carboxylic acids is 1. The maximum atomic E-state index is 14.5. The van der Waals surface area contributed by atoms with Crippen LogP contribution in [0.4, 0.5) is 22.6 Å². The predicted molar refractivity (Wildman–Crippen MR) is 124 cm³/mol. The number of nitrogens with one attached hydrogen (secondary N) is 2. The Morgan fingerprint density at radius 1 is 1.35 bits per heavy atom. The quantitative estimate of drug-likeness (QED) is 0.285. The summed E-state index contributed by atoms with van der Waals surface area (Å²) in [5, 5.41) is 5.15. The Kier molecular flexibility index (Phi) is 7.77. The van der Waals surface area contributed by atoms with Crippen molar-refractivity contribution in [2.24, 2.45) is 10.7 Å². The van der Waals surface area contributed by atoms with Gasteiger partial charge < -0.3 is 27.0 Å². The lowest BCUT2D eigenvalue weighted by atomic mass is 10.1. The third kappa shape index (κ3) is 5.47. The molecule has 13 heteroatoms. The van der Waals surface area contributed by atoms with E-state index in [1.807, 2.05) is 0 Å². The van der Waals surface area contributed by atoms with Gasteiger partial charge in [0.15, 0.2) is 5.69 Å². The van der Waals surface area contributed by atoms with E-state index in [9.17, 15) is 22.4 Å². The highest BCUT2D eigenvalue weighted by Crippen LogP contribution is 2.33. The van der Waals surface area contributed by atoms with Crippen molar-refractivity contribution in [3.63, 3.8) is 0 Å². The number of alkyl halides is 2. The number of amidine groups is 1. The summed E-state index contributed by atoms with van der Waals surface area (Å²) >= 11 is 0.735. The lowest BCUT2D eigenvalue weighted by Crippen LogP contribution is -2.44. The molecular weight excluding hydrogens is 474 g/mol. The molecule has 1 aromatic heterocycles. The number of anilines is 1. The van der Waals surface area contributed by atoms with Gasteiger partial charge in [-0.2, -0.15) is 0 Å². The van der Waals surface area contributed by atoms with Crippen LogP contribution < -0.4 is 22.1 Å². The molecule has 0 bridgehead atoms. The molecule has 2 heterocycles. The van der Waals surface area contributed by atoms with E-state index in [-0.39, 0.29) is 46.2 Å². The van der Waals surface area contributed by atoms with E-state index in [1.54, 1.807) is 7.05 Å². The van der Waals surface area contributed by atoms with Crippen molar-refractivity contribution in [3.05, 3.63) is 47.4 Å². The number of rotatable bonds is 5. The van der Waals surface area contributed by atoms with Crippen molar-refractivity contribution in [3.8, 4) is 10.6 Å². The van der Waals surface area contributed by atoms with Crippen LogP contribution >= 0.6 is 11.3 Å². The monoisotopic (exact) mass is 499 g/mol. The maximum absolute atomic E-state index is 14.5. The van der Waals surface area contributed by atoms with Gasteiger partial charge in [-0.25, -0.2) is 22.5 Å². The van der Waals surface area contributed by atoms with Crippen LogP contribution in [0.5, 0.6) is 0 Å². The van der Waals surface area contributed by atoms with Gasteiger partial charge in [0.05, 0.1) is 17.8 Å². The fourth-order valence-corrected chi connectivity index (χ4v) is 4.59. The highest BCUT2D eigenvalue weighted by molar-refractivity contribution is 7.19. The van der Waals surface area contributed by atoms with Gasteiger partial charge in [-0.3, -0.25) is 9.79 Å². The number of aliphatic imine (C=N–C) groups is 1. The summed E-state index contributed by atoms with van der Waals surface area (Å²) in [6.07, 6.45) is 1.11. The van der Waals surface area contributed by atoms with E-state index in [1.165, 1.54) is 18.0 Å². The molecule has 1 unspecified atom stereocenters. The molecule has 2 aromatic rings. The van der Waals surface area contributed by atoms with Crippen molar-refractivity contribution < 1.29 is 22.4 Å². The number of nitrogens with zero attached hydrogens (tertiary/aromatic N) is 3. The number of halogens is 4. The predicted octanol–water partition coefficient (Wildman–Crippen LogP) is 2.55. The Morgan fingerprint density at radius 3 is 2.62 bits per heavy atom. The molecule has 34 heavy (non-hydrogen) atoms. The van der Waals surface area contributed by atoms with E-state index in [0.29, 0.717) is 6.42 Å². The molecule has 6 N–H and O–H groups in total. The molecule has 1 amide bonds. The van der Waals surface area contributed by atoms with Crippen molar-refractivity contribution in [2.45, 2.75) is 24.8 Å². The molecule has 1 fully saturated rings. The van der Waals surface area contributed by atoms with Crippen molar-refractivity contribution in [1.29, 1.82) is 0 Å². The van der Waals surface area contributed by atoms with E-state index in [2.05, 4.69) is 20.6 Å². The Bertz CT molecular complexity index is 1100. The summed E-state index contributed by atoms with van der Waals surface area (Å²) < 4.78 is 57.2. The van der Waals surface area contributed by atoms with Crippen LogP contribution in [0.1, 0.15) is 23.3 Å². The Morgan fingerprint density at radius 2 is 2.03 bits per heavy atom. The average Bonchev–Trinajstić information content (AvgIpc) is 3.08. The normalized spacial score (nSPS) is 19.1. The average molecular weight is 500 g/mol. The number of hydrogen-bond donors (Lipinski definition) is 4. The molecule has 0 spiro atoms. The Hall–Kier alpha value is -3.19. The molecule has 1 aliphatic heterocycles. The summed E-state index contributed by atoms with van der Waals surface area (Å²) in [5.74, 6) is -5.48. The minimum Gasteiger partial charge on any atom is -0.403 e. The minimum absolute atomic E-state index is 0.0303. The molecule has 184 valence electrons. The Balaban J connectivity index is 1.84. The lowest BCUT2D eigenvalue weighted by Gasteiger charge is -2.28. The minimum atomic E-state index is -3.00. The van der Waals surface area contributed by atoms with Crippen LogP contribution in [0.2, 0.25) is 0 Å². The van der Waals surface area contributed by atoms with E-state index >= 15 is 0 Å². The zero-order chi connectivity index (χ0) is 25.0. The molecular formula is C21H25F4N7OS. The highest BCUT2D eigenvalue weighted by Gasteiger charge is 2.39. The number of likely N-dealkylation sites (tertiary alicyclic amines) is 1. The first-order chi connectivity index (χ1) is 16.1. The van der Waals surface area contributed by atoms with Crippen molar-refractivity contribution in [2.75, 3.05) is 32.9 Å². The molecule has 8 nitrogen and oxygen atoms in total. The van der Waals surface area contributed by atoms with Crippen LogP contribution in [0.15, 0.2) is 35.1 Å². The SMILES string of the molecule is CN=C(C(=CN)NC(=O)c1nc(-c2c(F)cccc2F)sc1N)N1CCC(NC)CC(F)(F)C1. The van der Waals surface area contributed by atoms with Crippen LogP contribution in [0.25, 0.3) is 10.6 Å². The standard InChI is InChI=1S/C21H25F4N7OS/c1-28-11-6-7-32(10-21(24,25)8-11)18(29-2)14(9-26)30-19(33)16-17(27)34-20(31-16)15-12(22)4-3-5-13(15)23/h3-5,9,11,28H,6-8,10,26-27H2,1-2H3,(H,30,33). The van der Waals surface area contributed by atoms with Gasteiger partial charge in [-0.05, 0) is 25.6 Å². The van der Waals surface area contributed by atoms with Crippen LogP contribution in [0, 0.1) is 11.6 Å². The number of benzene rings is 1. The van der Waals surface area contributed by atoms with Gasteiger partial charge in [-0.15, -0.1) is 0 Å². The summed E-state index contributed by atoms with van der Waals surface area (Å²) in [6.45, 7) is -0.364. The van der Waals surface area contributed by atoms with Crippen LogP contribution in [-0.2, 0) is 0 Å². The van der Waals surface area contributed by atoms with Crippen molar-refractivity contribution in [1.82, 2.24) is 20.5 Å². The summed E-state index contributed by atoms with van der Waals surface area (Å²) in [6, 6.07) is 2.94. The number of carbonyl (C=O) groups is 1. The first-order valence-electron chi connectivity index (χ1n) is 10.3. The molecule has 0 aliphatic carbocycles. The van der Waals surface area contributed by atoms with Crippen molar-refractivity contribution >= 4 is 28.1 Å². The largest absolute Gasteiger partial charge is 0.403 e. The molecule has 1 aliphatic rings. The molecule has 1 saturated heterocycles. The number of aromatic nitrogens is 1. The zero-order valence-corrected chi connectivity index (χ0v) is 19.4. The number of thiazole rings is 1. The van der Waals surface area contributed by atoms with Crippen LogP contribution in [-0.4, -0.2) is 60.8 Å². The van der Waals surface area contributed by atoms with Gasteiger partial charge in [0.25, 0.3) is 11.8 Å². The first-order valence-corrected chi connectivity index (χ1v) is 11.1. The number of hydrogen-bond acceptors (Lipinski definition) is 7. The second-order valence-corrected chi connectivity index (χ2v) is 8.70. The van der Waals surface area contributed by atoms with Gasteiger partial charge >= 0.3 is 0 Å². The maximum Gasteiger partial charge on any atom is 0.277 e. The molecule has 3 rings (SSSR count). The molecule has 1 atom stereocenters. The number of amides is 1. The third-order valence-corrected chi connectivity index (χ3v) is 6.24. The summed E-state index contributed by atoms with van der Waals surface area (Å²) in [4.78, 5) is 22.3. The van der Waals surface area contributed by atoms with Gasteiger partial charge in [0.1, 0.15) is 27.5 Å². The summed E-state index contributed by atoms with van der Waals surface area (Å²) in [5.41, 5.74) is 10.9. The molecule has 0 saturated carbocycles. The zero-order valence-electron chi connectivity index (χ0n) is 18.5. The second kappa shape index (κ2) is 10.4.